The second kappa shape index (κ2) is 15.6. The van der Waals surface area contributed by atoms with E-state index in [1.165, 1.54) is 29.2 Å². The zero-order chi connectivity index (χ0) is 33.2. The average molecular weight is 660 g/mol. The minimum absolute atomic E-state index is 0.0264. The average Bonchev–Trinajstić information content (AvgIpc) is 3.10. The zero-order valence-electron chi connectivity index (χ0n) is 26.2. The van der Waals surface area contributed by atoms with Crippen LogP contribution in [-0.4, -0.2) is 57.5 Å². The molecule has 0 aromatic heterocycles. The number of rotatable bonds is 14. The zero-order valence-corrected chi connectivity index (χ0v) is 27.0. The van der Waals surface area contributed by atoms with E-state index < -0.39 is 40.2 Å². The van der Waals surface area contributed by atoms with Crippen LogP contribution in [0.4, 0.5) is 10.1 Å². The number of amides is 2. The van der Waals surface area contributed by atoms with E-state index in [0.29, 0.717) is 24.7 Å². The maximum atomic E-state index is 15.1. The van der Waals surface area contributed by atoms with Crippen molar-refractivity contribution in [1.82, 2.24) is 10.2 Å². The Hall–Kier alpha value is -4.90. The van der Waals surface area contributed by atoms with E-state index in [-0.39, 0.29) is 35.7 Å². The summed E-state index contributed by atoms with van der Waals surface area (Å²) >= 11 is 0. The van der Waals surface area contributed by atoms with Crippen LogP contribution in [0.2, 0.25) is 0 Å². The number of ether oxygens (including phenoxy) is 2. The molecule has 4 aromatic rings. The van der Waals surface area contributed by atoms with Crippen molar-refractivity contribution in [2.24, 2.45) is 0 Å². The first-order valence-electron chi connectivity index (χ1n) is 15.6. The van der Waals surface area contributed by atoms with Gasteiger partial charge in [0, 0.05) is 31.1 Å². The number of fused-ring (bicyclic) bond motifs is 1. The van der Waals surface area contributed by atoms with Crippen LogP contribution in [0, 0.1) is 5.82 Å². The number of benzene rings is 4. The number of nitrogens with one attached hydrogen (secondary N) is 1. The molecule has 0 aliphatic carbocycles. The van der Waals surface area contributed by atoms with Crippen LogP contribution >= 0.6 is 0 Å². The Morgan fingerprint density at radius 1 is 0.872 bits per heavy atom. The molecule has 5 rings (SSSR count). The predicted octanol–water partition coefficient (Wildman–Crippen LogP) is 5.35. The third kappa shape index (κ3) is 8.28. The fourth-order valence-electron chi connectivity index (χ4n) is 5.31. The van der Waals surface area contributed by atoms with Gasteiger partial charge < -0.3 is 19.7 Å². The van der Waals surface area contributed by atoms with Crippen LogP contribution in [0.5, 0.6) is 11.5 Å². The Bertz CT molecular complexity index is 1770. The van der Waals surface area contributed by atoms with Crippen LogP contribution in [0.15, 0.2) is 108 Å². The highest BCUT2D eigenvalue weighted by Crippen LogP contribution is 2.36. The summed E-state index contributed by atoms with van der Waals surface area (Å²) in [7, 11) is -4.30. The number of halogens is 1. The lowest BCUT2D eigenvalue weighted by atomic mass is 10.0. The van der Waals surface area contributed by atoms with Gasteiger partial charge >= 0.3 is 0 Å². The highest BCUT2D eigenvalue weighted by molar-refractivity contribution is 7.92. The molecule has 1 N–H and O–H groups in total. The summed E-state index contributed by atoms with van der Waals surface area (Å²) in [5.74, 6) is -0.847. The summed E-state index contributed by atoms with van der Waals surface area (Å²) in [6.45, 7) is 2.11. The topological polar surface area (TPSA) is 105 Å². The van der Waals surface area contributed by atoms with Crippen molar-refractivity contribution in [2.75, 3.05) is 30.6 Å². The van der Waals surface area contributed by atoms with Crippen molar-refractivity contribution >= 4 is 27.5 Å². The minimum Gasteiger partial charge on any atom is -0.486 e. The van der Waals surface area contributed by atoms with Gasteiger partial charge in [-0.1, -0.05) is 80.1 Å². The Balaban J connectivity index is 1.58. The molecule has 0 saturated heterocycles. The molecule has 1 heterocycles. The van der Waals surface area contributed by atoms with Gasteiger partial charge in [-0.2, -0.15) is 0 Å². The van der Waals surface area contributed by atoms with Gasteiger partial charge in [0.1, 0.15) is 31.6 Å². The number of nitrogens with zero attached hydrogens (tertiary/aromatic N) is 2. The van der Waals surface area contributed by atoms with E-state index in [9.17, 15) is 18.0 Å². The van der Waals surface area contributed by atoms with E-state index in [4.69, 9.17) is 9.47 Å². The lowest BCUT2D eigenvalue weighted by Gasteiger charge is -2.34. The summed E-state index contributed by atoms with van der Waals surface area (Å²) in [6, 6.07) is 26.6. The molecule has 1 aliphatic heterocycles. The molecule has 9 nitrogen and oxygen atoms in total. The molecule has 0 bridgehead atoms. The summed E-state index contributed by atoms with van der Waals surface area (Å²) in [4.78, 5) is 29.6. The van der Waals surface area contributed by atoms with E-state index in [2.05, 4.69) is 5.32 Å². The number of hydrogen-bond donors (Lipinski definition) is 1. The Labute approximate surface area is 275 Å². The molecule has 0 radical (unpaired) electrons. The molecule has 11 heteroatoms. The summed E-state index contributed by atoms with van der Waals surface area (Å²) < 4.78 is 55.8. The molecule has 0 fully saturated rings. The Kier molecular flexibility index (Phi) is 11.1. The van der Waals surface area contributed by atoms with Crippen molar-refractivity contribution in [3.63, 3.8) is 0 Å². The van der Waals surface area contributed by atoms with E-state index in [1.807, 2.05) is 37.3 Å². The number of anilines is 1. The maximum absolute atomic E-state index is 15.1. The Morgan fingerprint density at radius 3 is 2.23 bits per heavy atom. The fourth-order valence-corrected chi connectivity index (χ4v) is 6.73. The van der Waals surface area contributed by atoms with Gasteiger partial charge in [-0.25, -0.2) is 12.8 Å². The van der Waals surface area contributed by atoms with Gasteiger partial charge in [0.25, 0.3) is 10.0 Å². The lowest BCUT2D eigenvalue weighted by Crippen LogP contribution is -2.53. The van der Waals surface area contributed by atoms with Gasteiger partial charge in [-0.15, -0.1) is 0 Å². The molecule has 1 aliphatic rings. The summed E-state index contributed by atoms with van der Waals surface area (Å²) in [5.41, 5.74) is 1.15. The number of carbonyl (C=O) groups excluding carboxylic acids is 2. The Morgan fingerprint density at radius 2 is 1.53 bits per heavy atom. The highest BCUT2D eigenvalue weighted by Gasteiger charge is 2.35. The van der Waals surface area contributed by atoms with Gasteiger partial charge in [-0.3, -0.25) is 13.9 Å². The molecule has 0 unspecified atom stereocenters. The van der Waals surface area contributed by atoms with Gasteiger partial charge in [0.15, 0.2) is 11.5 Å². The van der Waals surface area contributed by atoms with Crippen LogP contribution in [0.1, 0.15) is 30.9 Å². The standard InChI is InChI=1S/C36H38FN3O6S/c1-2-3-20-38-36(42)32(23-27-12-6-4-7-13-27)39(25-28-14-10-11-17-31(28)37)35(41)26-40(47(43,44)30-15-8-5-9-16-30)29-18-19-33-34(24-29)46-22-21-45-33/h4-19,24,32H,2-3,20-23,25-26H2,1H3,(H,38,42)/t32-/m1/s1. The fraction of sp³-hybridized carbons (Fsp3) is 0.278. The molecule has 0 spiro atoms. The first-order valence-corrected chi connectivity index (χ1v) is 17.0. The van der Waals surface area contributed by atoms with Crippen molar-refractivity contribution in [2.45, 2.75) is 43.7 Å². The molecular formula is C36H38FN3O6S. The lowest BCUT2D eigenvalue weighted by molar-refractivity contribution is -0.140. The highest BCUT2D eigenvalue weighted by atomic mass is 32.2. The van der Waals surface area contributed by atoms with Crippen LogP contribution in [0.25, 0.3) is 0 Å². The maximum Gasteiger partial charge on any atom is 0.264 e. The molecular weight excluding hydrogens is 621 g/mol. The van der Waals surface area contributed by atoms with Crippen LogP contribution in [-0.2, 0) is 32.6 Å². The van der Waals surface area contributed by atoms with E-state index in [1.54, 1.807) is 48.5 Å². The molecule has 47 heavy (non-hydrogen) atoms. The van der Waals surface area contributed by atoms with Crippen molar-refractivity contribution < 1.29 is 31.9 Å². The summed E-state index contributed by atoms with van der Waals surface area (Å²) in [5, 5.41) is 2.93. The third-order valence-corrected chi connectivity index (χ3v) is 9.61. The van der Waals surface area contributed by atoms with Gasteiger partial charge in [0.05, 0.1) is 10.6 Å². The predicted molar refractivity (Wildman–Crippen MR) is 177 cm³/mol. The first kappa shape index (κ1) is 33.5. The second-order valence-electron chi connectivity index (χ2n) is 11.1. The number of hydrogen-bond acceptors (Lipinski definition) is 6. The first-order chi connectivity index (χ1) is 22.8. The van der Waals surface area contributed by atoms with Gasteiger partial charge in [-0.05, 0) is 42.3 Å². The molecule has 4 aromatic carbocycles. The van der Waals surface area contributed by atoms with Crippen LogP contribution < -0.4 is 19.1 Å². The smallest absolute Gasteiger partial charge is 0.264 e. The number of carbonyl (C=O) groups is 2. The number of sulfonamides is 1. The third-order valence-electron chi connectivity index (χ3n) is 7.82. The molecule has 2 amide bonds. The van der Waals surface area contributed by atoms with Crippen molar-refractivity contribution in [3.05, 3.63) is 120 Å². The quantitative estimate of drug-likeness (QED) is 0.183. The SMILES string of the molecule is CCCCNC(=O)[C@@H](Cc1ccccc1)N(Cc1ccccc1F)C(=O)CN(c1ccc2c(c1)OCCO2)S(=O)(=O)c1ccccc1. The number of unbranched alkanes of at least 4 members (excludes halogenated alkanes) is 1. The van der Waals surface area contributed by atoms with E-state index in [0.717, 1.165) is 22.7 Å². The van der Waals surface area contributed by atoms with E-state index >= 15 is 4.39 Å². The largest absolute Gasteiger partial charge is 0.486 e. The minimum atomic E-state index is -4.30. The van der Waals surface area contributed by atoms with Crippen molar-refractivity contribution in [1.29, 1.82) is 0 Å². The van der Waals surface area contributed by atoms with Gasteiger partial charge in [0.2, 0.25) is 11.8 Å². The second-order valence-corrected chi connectivity index (χ2v) is 13.0. The van der Waals surface area contributed by atoms with Crippen LogP contribution in [0.3, 0.4) is 0 Å². The molecule has 0 saturated carbocycles. The summed E-state index contributed by atoms with van der Waals surface area (Å²) in [6.07, 6.45) is 1.72. The molecule has 1 atom stereocenters. The van der Waals surface area contributed by atoms with Crippen molar-refractivity contribution in [3.8, 4) is 11.5 Å². The monoisotopic (exact) mass is 659 g/mol. The molecule has 246 valence electrons. The normalized spacial score (nSPS) is 13.0.